The lowest BCUT2D eigenvalue weighted by molar-refractivity contribution is -0.128. The van der Waals surface area contributed by atoms with E-state index < -0.39 is 5.25 Å². The summed E-state index contributed by atoms with van der Waals surface area (Å²) >= 11 is 1.44. The summed E-state index contributed by atoms with van der Waals surface area (Å²) in [6, 6.07) is 19.2. The van der Waals surface area contributed by atoms with Gasteiger partial charge in [0, 0.05) is 26.3 Å². The molecule has 3 aliphatic heterocycles. The molecule has 0 fully saturated rings. The number of hydrogen-bond acceptors (Lipinski definition) is 5. The molecular weight excluding hydrogens is 446 g/mol. The number of carbonyl (C=O) groups is 1. The van der Waals surface area contributed by atoms with Crippen molar-refractivity contribution in [3.05, 3.63) is 82.3 Å². The van der Waals surface area contributed by atoms with E-state index in [1.807, 2.05) is 60.7 Å². The lowest BCUT2D eigenvalue weighted by Crippen LogP contribution is -2.27. The Bertz CT molecular complexity index is 1330. The van der Waals surface area contributed by atoms with Crippen molar-refractivity contribution in [3.63, 3.8) is 0 Å². The number of thioether (sulfide) groups is 1. The van der Waals surface area contributed by atoms with Crippen LogP contribution in [-0.4, -0.2) is 44.2 Å². The zero-order valence-electron chi connectivity index (χ0n) is 19.3. The third kappa shape index (κ3) is 4.14. The molecule has 0 spiro atoms. The van der Waals surface area contributed by atoms with Gasteiger partial charge in [-0.2, -0.15) is 4.68 Å². The zero-order chi connectivity index (χ0) is 23.7. The van der Waals surface area contributed by atoms with Gasteiger partial charge in [-0.25, -0.2) is 4.98 Å². The predicted molar refractivity (Wildman–Crippen MR) is 134 cm³/mol. The smallest absolute Gasteiger partial charge is 0.284 e. The second kappa shape index (κ2) is 9.46. The Hall–Kier alpha value is -3.39. The largest absolute Gasteiger partial charge is 0.348 e. The molecule has 1 atom stereocenters. The summed E-state index contributed by atoms with van der Waals surface area (Å²) < 4.78 is 3.59. The molecule has 34 heavy (non-hydrogen) atoms. The molecule has 3 heterocycles. The molecule has 0 saturated carbocycles. The number of hydrogen-bond donors (Lipinski definition) is 0. The minimum atomic E-state index is -0.441. The van der Waals surface area contributed by atoms with Crippen molar-refractivity contribution >= 4 is 17.7 Å². The first-order valence-electron chi connectivity index (χ1n) is 11.5. The first-order chi connectivity index (χ1) is 16.5. The SMILES string of the molecule is CN(C)C(=O)C(Sc1nc2nn(-c3ccccc3)c(=O)c-2c2n1CCCCC2)c1ccccc1. The van der Waals surface area contributed by atoms with Crippen LogP contribution in [0.5, 0.6) is 0 Å². The van der Waals surface area contributed by atoms with Crippen molar-refractivity contribution in [2.45, 2.75) is 42.6 Å². The van der Waals surface area contributed by atoms with Crippen LogP contribution < -0.4 is 5.56 Å². The number of para-hydroxylation sites is 1. The highest BCUT2D eigenvalue weighted by atomic mass is 32.2. The third-order valence-corrected chi connectivity index (χ3v) is 7.39. The number of fused-ring (bicyclic) bond motifs is 3. The summed E-state index contributed by atoms with van der Waals surface area (Å²) in [5, 5.41) is 4.90. The second-order valence-corrected chi connectivity index (χ2v) is 9.77. The van der Waals surface area contributed by atoms with Gasteiger partial charge in [-0.05, 0) is 37.0 Å². The summed E-state index contributed by atoms with van der Waals surface area (Å²) in [6.45, 7) is 0.772. The van der Waals surface area contributed by atoms with E-state index in [9.17, 15) is 9.59 Å². The molecule has 1 unspecified atom stereocenters. The molecule has 0 aliphatic carbocycles. The average molecular weight is 474 g/mol. The minimum Gasteiger partial charge on any atom is -0.348 e. The van der Waals surface area contributed by atoms with Crippen molar-refractivity contribution in [2.75, 3.05) is 14.1 Å². The number of benzene rings is 2. The Morgan fingerprint density at radius 3 is 2.41 bits per heavy atom. The van der Waals surface area contributed by atoms with E-state index >= 15 is 0 Å². The molecule has 5 rings (SSSR count). The van der Waals surface area contributed by atoms with E-state index in [-0.39, 0.29) is 11.5 Å². The summed E-state index contributed by atoms with van der Waals surface area (Å²) in [5.74, 6) is 0.439. The Labute approximate surface area is 202 Å². The normalized spacial score (nSPS) is 14.4. The molecule has 2 aromatic rings. The first-order valence-corrected chi connectivity index (χ1v) is 12.4. The van der Waals surface area contributed by atoms with Crippen molar-refractivity contribution in [2.24, 2.45) is 0 Å². The third-order valence-electron chi connectivity index (χ3n) is 6.16. The number of amides is 1. The van der Waals surface area contributed by atoms with Crippen LogP contribution in [0, 0.1) is 0 Å². The van der Waals surface area contributed by atoms with Crippen LogP contribution in [0.25, 0.3) is 17.1 Å². The highest BCUT2D eigenvalue weighted by Crippen LogP contribution is 2.38. The van der Waals surface area contributed by atoms with Gasteiger partial charge in [-0.3, -0.25) is 9.59 Å². The van der Waals surface area contributed by atoms with Gasteiger partial charge < -0.3 is 9.47 Å². The van der Waals surface area contributed by atoms with Crippen molar-refractivity contribution < 1.29 is 4.79 Å². The van der Waals surface area contributed by atoms with E-state index in [1.54, 1.807) is 19.0 Å². The van der Waals surface area contributed by atoms with Gasteiger partial charge >= 0.3 is 0 Å². The first kappa shape index (κ1) is 22.4. The summed E-state index contributed by atoms with van der Waals surface area (Å²) in [7, 11) is 3.54. The zero-order valence-corrected chi connectivity index (χ0v) is 20.2. The molecule has 2 aromatic carbocycles. The van der Waals surface area contributed by atoms with E-state index in [2.05, 4.69) is 9.67 Å². The fourth-order valence-corrected chi connectivity index (χ4v) is 5.70. The van der Waals surface area contributed by atoms with Crippen molar-refractivity contribution in [1.82, 2.24) is 24.2 Å². The van der Waals surface area contributed by atoms with Crippen LogP contribution in [0.2, 0.25) is 0 Å². The van der Waals surface area contributed by atoms with Crippen molar-refractivity contribution in [3.8, 4) is 17.1 Å². The Kier molecular flexibility index (Phi) is 6.24. The molecule has 8 heteroatoms. The quantitative estimate of drug-likeness (QED) is 0.321. The van der Waals surface area contributed by atoms with E-state index in [0.717, 1.165) is 54.3 Å². The summed E-state index contributed by atoms with van der Waals surface area (Å²) in [4.78, 5) is 33.1. The van der Waals surface area contributed by atoms with Gasteiger partial charge in [0.15, 0.2) is 11.0 Å². The molecular formula is C26H27N5O2S. The van der Waals surface area contributed by atoms with Gasteiger partial charge in [0.1, 0.15) is 10.8 Å². The van der Waals surface area contributed by atoms with Gasteiger partial charge in [0.2, 0.25) is 5.91 Å². The maximum atomic E-state index is 13.4. The van der Waals surface area contributed by atoms with E-state index in [0.29, 0.717) is 11.4 Å². The van der Waals surface area contributed by atoms with Crippen LogP contribution in [0.4, 0.5) is 0 Å². The summed E-state index contributed by atoms with van der Waals surface area (Å²) in [5.41, 5.74) is 3.07. The Morgan fingerprint density at radius 2 is 1.71 bits per heavy atom. The standard InChI is InChI=1S/C26H27N5O2S/c1-29(2)25(33)22(18-12-6-3-7-13-18)34-26-27-23-21(20-16-10-5-11-17-30(20)26)24(32)31(28-23)19-14-8-4-9-15-19/h3-4,6-9,12-15,22H,5,10-11,16-17H2,1-2H3. The number of carbonyl (C=O) groups excluding carboxylic acids is 1. The van der Waals surface area contributed by atoms with E-state index in [1.165, 1.54) is 16.4 Å². The van der Waals surface area contributed by atoms with Crippen LogP contribution in [0.1, 0.15) is 35.8 Å². The van der Waals surface area contributed by atoms with E-state index in [4.69, 9.17) is 4.98 Å². The molecule has 1 amide bonds. The lowest BCUT2D eigenvalue weighted by atomic mass is 10.1. The fourth-order valence-electron chi connectivity index (χ4n) is 4.42. The molecule has 0 saturated heterocycles. The number of aromatic nitrogens is 4. The van der Waals surface area contributed by atoms with Crippen molar-refractivity contribution in [1.29, 1.82) is 0 Å². The molecule has 7 nitrogen and oxygen atoms in total. The molecule has 174 valence electrons. The van der Waals surface area contributed by atoms with Crippen LogP contribution in [0.15, 0.2) is 70.6 Å². The Balaban J connectivity index is 1.68. The van der Waals surface area contributed by atoms with Crippen LogP contribution in [0.3, 0.4) is 0 Å². The number of likely N-dealkylation sites (N-methyl/N-ethyl adjacent to an activating group) is 1. The number of rotatable bonds is 5. The van der Waals surface area contributed by atoms with Gasteiger partial charge in [-0.1, -0.05) is 66.7 Å². The topological polar surface area (TPSA) is 73.0 Å². The van der Waals surface area contributed by atoms with Gasteiger partial charge in [0.05, 0.1) is 5.69 Å². The van der Waals surface area contributed by atoms with Crippen LogP contribution in [-0.2, 0) is 17.8 Å². The van der Waals surface area contributed by atoms with Gasteiger partial charge in [-0.15, -0.1) is 5.10 Å². The summed E-state index contributed by atoms with van der Waals surface area (Å²) in [6.07, 6.45) is 3.90. The number of nitrogens with zero attached hydrogens (tertiary/aromatic N) is 5. The molecule has 0 bridgehead atoms. The minimum absolute atomic E-state index is 0.000368. The fraction of sp³-hybridized carbons (Fsp3) is 0.308. The lowest BCUT2D eigenvalue weighted by Gasteiger charge is -2.23. The maximum Gasteiger partial charge on any atom is 0.284 e. The highest BCUT2D eigenvalue weighted by Gasteiger charge is 2.31. The molecule has 0 aromatic heterocycles. The molecule has 3 aliphatic rings. The molecule has 0 N–H and O–H groups in total. The Morgan fingerprint density at radius 1 is 1.00 bits per heavy atom. The van der Waals surface area contributed by atoms with Crippen LogP contribution >= 0.6 is 11.8 Å². The maximum absolute atomic E-state index is 13.4. The highest BCUT2D eigenvalue weighted by molar-refractivity contribution is 8.00. The second-order valence-electron chi connectivity index (χ2n) is 8.70. The van der Waals surface area contributed by atoms with Gasteiger partial charge in [0.25, 0.3) is 5.56 Å². The monoisotopic (exact) mass is 473 g/mol. The predicted octanol–water partition coefficient (Wildman–Crippen LogP) is 4.18. The average Bonchev–Trinajstić information content (AvgIpc) is 3.02. The molecule has 0 radical (unpaired) electrons.